The zero-order valence-corrected chi connectivity index (χ0v) is 16.2. The third-order valence-electron chi connectivity index (χ3n) is 6.01. The molecule has 5 rings (SSSR count). The number of imide groups is 1. The van der Waals surface area contributed by atoms with Gasteiger partial charge in [0.05, 0.1) is 0 Å². The van der Waals surface area contributed by atoms with Crippen molar-refractivity contribution in [2.45, 2.75) is 31.3 Å². The summed E-state index contributed by atoms with van der Waals surface area (Å²) in [5.41, 5.74) is 2.75. The van der Waals surface area contributed by atoms with Crippen molar-refractivity contribution >= 4 is 28.6 Å². The lowest BCUT2D eigenvalue weighted by Gasteiger charge is -2.32. The normalized spacial score (nSPS) is 20.0. The van der Waals surface area contributed by atoms with Crippen LogP contribution < -0.4 is 16.0 Å². The molecule has 1 aromatic heterocycles. The fourth-order valence-electron chi connectivity index (χ4n) is 4.37. The Labute approximate surface area is 172 Å². The van der Waals surface area contributed by atoms with Gasteiger partial charge in [0, 0.05) is 36.3 Å². The van der Waals surface area contributed by atoms with Gasteiger partial charge in [0.25, 0.3) is 11.8 Å². The molecule has 150 valence electrons. The fourth-order valence-corrected chi connectivity index (χ4v) is 4.37. The summed E-state index contributed by atoms with van der Waals surface area (Å²) in [5.74, 6) is -0.421. The number of nitrogens with zero attached hydrogens (tertiary/aromatic N) is 1. The molecule has 1 saturated heterocycles. The topological polar surface area (TPSA) is 100 Å². The Morgan fingerprint density at radius 3 is 2.87 bits per heavy atom. The van der Waals surface area contributed by atoms with Crippen molar-refractivity contribution in [2.24, 2.45) is 0 Å². The van der Waals surface area contributed by atoms with E-state index in [1.807, 2.05) is 42.6 Å². The van der Waals surface area contributed by atoms with E-state index >= 15 is 0 Å². The zero-order chi connectivity index (χ0) is 20.7. The van der Waals surface area contributed by atoms with Crippen molar-refractivity contribution in [1.29, 1.82) is 0 Å². The molecule has 1 unspecified atom stereocenters. The molecule has 0 saturated carbocycles. The van der Waals surface area contributed by atoms with Crippen molar-refractivity contribution in [2.75, 3.05) is 0 Å². The Kier molecular flexibility index (Phi) is 4.24. The Bertz CT molecular complexity index is 1200. The number of pyridine rings is 1. The van der Waals surface area contributed by atoms with Crippen LogP contribution in [0.1, 0.15) is 33.5 Å². The van der Waals surface area contributed by atoms with Crippen molar-refractivity contribution in [3.63, 3.8) is 0 Å². The largest absolute Gasteiger partial charge is 0.348 e. The number of aryl methyl sites for hydroxylation is 1. The third-order valence-corrected chi connectivity index (χ3v) is 6.01. The number of amides is 4. The highest BCUT2D eigenvalue weighted by atomic mass is 16.2. The number of nitrogens with one attached hydrogen (secondary N) is 3. The molecular formula is C23H20N4O3. The highest BCUT2D eigenvalue weighted by Gasteiger charge is 2.47. The van der Waals surface area contributed by atoms with Crippen LogP contribution >= 0.6 is 0 Å². The molecule has 4 amide bonds. The third kappa shape index (κ3) is 3.08. The van der Waals surface area contributed by atoms with Crippen molar-refractivity contribution in [1.82, 2.24) is 20.9 Å². The predicted octanol–water partition coefficient (Wildman–Crippen LogP) is 2.23. The van der Waals surface area contributed by atoms with E-state index in [0.717, 1.165) is 27.5 Å². The molecule has 30 heavy (non-hydrogen) atoms. The molecule has 3 N–H and O–H groups in total. The minimum Gasteiger partial charge on any atom is -0.348 e. The first-order chi connectivity index (χ1) is 14.5. The SMILES string of the molecule is O=C1NC(=O)C2(CCc3cc(C(=O)NCc4cccc5ccncc45)ccc3C2)N1. The van der Waals surface area contributed by atoms with Gasteiger partial charge in [-0.05, 0) is 53.1 Å². The molecule has 2 heterocycles. The minimum absolute atomic E-state index is 0.147. The Morgan fingerprint density at radius 2 is 2.03 bits per heavy atom. The van der Waals surface area contributed by atoms with Gasteiger partial charge in [0.2, 0.25) is 0 Å². The lowest BCUT2D eigenvalue weighted by molar-refractivity contribution is -0.124. The van der Waals surface area contributed by atoms with Gasteiger partial charge < -0.3 is 10.6 Å². The first-order valence-electron chi connectivity index (χ1n) is 9.89. The van der Waals surface area contributed by atoms with Crippen molar-refractivity contribution in [3.05, 3.63) is 77.1 Å². The molecule has 1 fully saturated rings. The number of hydrogen-bond acceptors (Lipinski definition) is 4. The lowest BCUT2D eigenvalue weighted by atomic mass is 9.77. The van der Waals surface area contributed by atoms with Crippen LogP contribution in [0.25, 0.3) is 10.8 Å². The Balaban J connectivity index is 1.32. The Morgan fingerprint density at radius 1 is 1.13 bits per heavy atom. The second-order valence-electron chi connectivity index (χ2n) is 7.85. The molecule has 0 bridgehead atoms. The van der Waals surface area contributed by atoms with Gasteiger partial charge in [0.1, 0.15) is 5.54 Å². The molecule has 1 aliphatic carbocycles. The zero-order valence-electron chi connectivity index (χ0n) is 16.2. The van der Waals surface area contributed by atoms with Crippen LogP contribution in [0.5, 0.6) is 0 Å². The number of hydrogen-bond donors (Lipinski definition) is 3. The number of fused-ring (bicyclic) bond motifs is 2. The number of benzene rings is 2. The van der Waals surface area contributed by atoms with E-state index in [-0.39, 0.29) is 11.8 Å². The fraction of sp³-hybridized carbons (Fsp3) is 0.217. The summed E-state index contributed by atoms with van der Waals surface area (Å²) < 4.78 is 0. The van der Waals surface area contributed by atoms with E-state index < -0.39 is 11.6 Å². The standard InChI is InChI=1S/C23H20N4O3/c28-20(25-12-18-3-1-2-14-7-9-24-13-19(14)18)16-4-5-17-11-23(8-6-15(17)10-16)21(29)26-22(30)27-23/h1-5,7,9-10,13H,6,8,11-12H2,(H,25,28)(H2,26,27,29,30). The van der Waals surface area contributed by atoms with Crippen LogP contribution in [0, 0.1) is 0 Å². The predicted molar refractivity (Wildman–Crippen MR) is 111 cm³/mol. The summed E-state index contributed by atoms with van der Waals surface area (Å²) >= 11 is 0. The van der Waals surface area contributed by atoms with Gasteiger partial charge in [-0.25, -0.2) is 4.79 Å². The van der Waals surface area contributed by atoms with Crippen LogP contribution in [0.4, 0.5) is 4.79 Å². The maximum Gasteiger partial charge on any atom is 0.322 e. The highest BCUT2D eigenvalue weighted by Crippen LogP contribution is 2.31. The summed E-state index contributed by atoms with van der Waals surface area (Å²) in [6.07, 6.45) is 5.14. The molecule has 2 aliphatic rings. The van der Waals surface area contributed by atoms with Crippen LogP contribution in [0.3, 0.4) is 0 Å². The van der Waals surface area contributed by atoms with E-state index in [2.05, 4.69) is 20.9 Å². The molecule has 1 aliphatic heterocycles. The van der Waals surface area contributed by atoms with Crippen molar-refractivity contribution in [3.8, 4) is 0 Å². The highest BCUT2D eigenvalue weighted by molar-refractivity contribution is 6.07. The van der Waals surface area contributed by atoms with Gasteiger partial charge in [-0.2, -0.15) is 0 Å². The van der Waals surface area contributed by atoms with Crippen LogP contribution in [-0.4, -0.2) is 28.4 Å². The lowest BCUT2D eigenvalue weighted by Crippen LogP contribution is -2.51. The molecule has 7 nitrogen and oxygen atoms in total. The van der Waals surface area contributed by atoms with Crippen LogP contribution in [0.15, 0.2) is 54.9 Å². The second kappa shape index (κ2) is 6.95. The molecule has 1 atom stereocenters. The molecule has 2 aromatic carbocycles. The Hall–Kier alpha value is -3.74. The van der Waals surface area contributed by atoms with E-state index in [9.17, 15) is 14.4 Å². The average Bonchev–Trinajstić information content (AvgIpc) is 3.03. The summed E-state index contributed by atoms with van der Waals surface area (Å²) in [6.45, 7) is 0.411. The number of aromatic nitrogens is 1. The molecule has 1 spiro atoms. The number of carbonyl (C=O) groups excluding carboxylic acids is 3. The van der Waals surface area contributed by atoms with Gasteiger partial charge in [-0.1, -0.05) is 24.3 Å². The van der Waals surface area contributed by atoms with Gasteiger partial charge in [-0.3, -0.25) is 19.9 Å². The minimum atomic E-state index is -0.865. The van der Waals surface area contributed by atoms with Gasteiger partial charge >= 0.3 is 6.03 Å². The van der Waals surface area contributed by atoms with E-state index in [4.69, 9.17) is 0 Å². The molecule has 0 radical (unpaired) electrons. The van der Waals surface area contributed by atoms with Crippen molar-refractivity contribution < 1.29 is 14.4 Å². The number of carbonyl (C=O) groups is 3. The molecule has 7 heteroatoms. The van der Waals surface area contributed by atoms with Crippen LogP contribution in [0.2, 0.25) is 0 Å². The van der Waals surface area contributed by atoms with Gasteiger partial charge in [-0.15, -0.1) is 0 Å². The number of rotatable bonds is 3. The smallest absolute Gasteiger partial charge is 0.322 e. The molecule has 3 aromatic rings. The first-order valence-corrected chi connectivity index (χ1v) is 9.89. The summed E-state index contributed by atoms with van der Waals surface area (Å²) in [6, 6.07) is 13.0. The summed E-state index contributed by atoms with van der Waals surface area (Å²) in [4.78, 5) is 40.7. The summed E-state index contributed by atoms with van der Waals surface area (Å²) in [7, 11) is 0. The monoisotopic (exact) mass is 400 g/mol. The van der Waals surface area contributed by atoms with E-state index in [1.54, 1.807) is 12.3 Å². The first kappa shape index (κ1) is 18.3. The quantitative estimate of drug-likeness (QED) is 0.587. The maximum atomic E-state index is 12.7. The maximum absolute atomic E-state index is 12.7. The number of urea groups is 1. The van der Waals surface area contributed by atoms with E-state index in [0.29, 0.717) is 31.4 Å². The van der Waals surface area contributed by atoms with Crippen LogP contribution in [-0.2, 0) is 24.2 Å². The second-order valence-corrected chi connectivity index (χ2v) is 7.85. The average molecular weight is 400 g/mol. The molecular weight excluding hydrogens is 380 g/mol. The summed E-state index contributed by atoms with van der Waals surface area (Å²) in [5, 5.41) is 10.2. The van der Waals surface area contributed by atoms with Gasteiger partial charge in [0.15, 0.2) is 0 Å². The van der Waals surface area contributed by atoms with E-state index in [1.165, 1.54) is 0 Å².